The largest absolute Gasteiger partial charge is 0.497 e. The van der Waals surface area contributed by atoms with Crippen LogP contribution in [0.5, 0.6) is 5.75 Å². The van der Waals surface area contributed by atoms with E-state index in [2.05, 4.69) is 56.7 Å². The van der Waals surface area contributed by atoms with Gasteiger partial charge in [0.05, 0.1) is 19.1 Å². The van der Waals surface area contributed by atoms with E-state index in [-0.39, 0.29) is 0 Å². The highest BCUT2D eigenvalue weighted by Gasteiger charge is 2.53. The molecule has 4 aliphatic rings. The molecule has 5 heterocycles. The Bertz CT molecular complexity index is 795. The first-order chi connectivity index (χ1) is 13.3. The van der Waals surface area contributed by atoms with Crippen LogP contribution in [0, 0.1) is 5.92 Å². The average molecular weight is 367 g/mol. The van der Waals surface area contributed by atoms with Crippen molar-refractivity contribution in [3.63, 3.8) is 0 Å². The number of hydrogen-bond donors (Lipinski definition) is 0. The Kier molecular flexibility index (Phi) is 4.44. The van der Waals surface area contributed by atoms with E-state index < -0.39 is 0 Å². The van der Waals surface area contributed by atoms with Crippen molar-refractivity contribution < 1.29 is 4.74 Å². The lowest BCUT2D eigenvalue weighted by atomic mass is 9.75. The monoisotopic (exact) mass is 366 g/mol. The van der Waals surface area contributed by atoms with E-state index in [0.29, 0.717) is 18.0 Å². The molecule has 2 aromatic rings. The minimum atomic E-state index is 0.561. The zero-order chi connectivity index (χ0) is 18.4. The molecule has 27 heavy (non-hydrogen) atoms. The second-order valence-corrected chi connectivity index (χ2v) is 8.34. The number of aryl methyl sites for hydroxylation is 1. The summed E-state index contributed by atoms with van der Waals surface area (Å²) in [6.45, 7) is 7.88. The predicted octanol–water partition coefficient (Wildman–Crippen LogP) is 2.97. The summed E-state index contributed by atoms with van der Waals surface area (Å²) < 4.78 is 7.80. The summed E-state index contributed by atoms with van der Waals surface area (Å²) in [4.78, 5) is 9.92. The lowest BCUT2D eigenvalue weighted by Gasteiger charge is -2.51. The Morgan fingerprint density at radius 3 is 2.81 bits per heavy atom. The van der Waals surface area contributed by atoms with Crippen LogP contribution in [-0.4, -0.2) is 58.2 Å². The van der Waals surface area contributed by atoms with Crippen molar-refractivity contribution in [2.45, 2.75) is 50.9 Å². The van der Waals surface area contributed by atoms with E-state index in [1.165, 1.54) is 37.2 Å². The molecule has 1 aromatic heterocycles. The Morgan fingerprint density at radius 2 is 2.04 bits per heavy atom. The Hall–Kier alpha value is -1.85. The maximum atomic E-state index is 5.52. The number of ether oxygens (including phenoxy) is 1. The third kappa shape index (κ3) is 2.88. The minimum Gasteiger partial charge on any atom is -0.497 e. The highest BCUT2D eigenvalue weighted by Crippen LogP contribution is 2.47. The minimum absolute atomic E-state index is 0.561. The fourth-order valence-corrected chi connectivity index (χ4v) is 5.86. The van der Waals surface area contributed by atoms with Crippen LogP contribution in [0.25, 0.3) is 0 Å². The van der Waals surface area contributed by atoms with Crippen molar-refractivity contribution in [1.29, 1.82) is 0 Å². The molecule has 6 rings (SSSR count). The standard InChI is InChI=1S/C22H30N4O/c1-3-24-15-23-12-18(24)13-26-14-20(17-5-4-6-19(11-17)27-2)22-21(26)16-7-9-25(22)10-8-16/h4-6,11-12,15-16,20-22H,3,7-10,13-14H2,1-2H3/t20-,21-,22-/m1/s1. The molecule has 4 aliphatic heterocycles. The highest BCUT2D eigenvalue weighted by atomic mass is 16.5. The number of hydrogen-bond acceptors (Lipinski definition) is 4. The van der Waals surface area contributed by atoms with Crippen LogP contribution in [0.3, 0.4) is 0 Å². The van der Waals surface area contributed by atoms with Crippen LogP contribution >= 0.6 is 0 Å². The molecular weight excluding hydrogens is 336 g/mol. The van der Waals surface area contributed by atoms with Crippen LogP contribution in [0.2, 0.25) is 0 Å². The number of aromatic nitrogens is 2. The summed E-state index contributed by atoms with van der Waals surface area (Å²) in [6.07, 6.45) is 6.74. The zero-order valence-corrected chi connectivity index (χ0v) is 16.4. The number of benzene rings is 1. The van der Waals surface area contributed by atoms with Gasteiger partial charge in [-0.15, -0.1) is 0 Å². The average Bonchev–Trinajstić information content (AvgIpc) is 3.35. The SMILES string of the molecule is CCn1cncc1CN1C[C@H](c2cccc(OC)c2)[C@@H]2[C@H]1C1CCN2CC1. The quantitative estimate of drug-likeness (QED) is 0.815. The van der Waals surface area contributed by atoms with Gasteiger partial charge in [0.15, 0.2) is 0 Å². The maximum absolute atomic E-state index is 5.52. The van der Waals surface area contributed by atoms with Gasteiger partial charge in [-0.1, -0.05) is 12.1 Å². The van der Waals surface area contributed by atoms with Gasteiger partial charge in [-0.25, -0.2) is 4.98 Å². The van der Waals surface area contributed by atoms with Gasteiger partial charge in [0.25, 0.3) is 0 Å². The van der Waals surface area contributed by atoms with Crippen molar-refractivity contribution >= 4 is 0 Å². The zero-order valence-electron chi connectivity index (χ0n) is 16.4. The molecule has 0 amide bonds. The van der Waals surface area contributed by atoms with E-state index in [1.807, 2.05) is 6.33 Å². The third-order valence-corrected chi connectivity index (χ3v) is 7.12. The van der Waals surface area contributed by atoms with Gasteiger partial charge < -0.3 is 9.30 Å². The maximum Gasteiger partial charge on any atom is 0.119 e. The van der Waals surface area contributed by atoms with E-state index >= 15 is 0 Å². The molecule has 1 aromatic carbocycles. The summed E-state index contributed by atoms with van der Waals surface area (Å²) in [5.41, 5.74) is 2.78. The number of imidazole rings is 1. The molecule has 0 aliphatic carbocycles. The summed E-state index contributed by atoms with van der Waals surface area (Å²) in [7, 11) is 1.76. The summed E-state index contributed by atoms with van der Waals surface area (Å²) in [6, 6.07) is 10.1. The van der Waals surface area contributed by atoms with Crippen LogP contribution in [0.1, 0.15) is 36.9 Å². The second-order valence-electron chi connectivity index (χ2n) is 8.34. The van der Waals surface area contributed by atoms with E-state index in [4.69, 9.17) is 4.74 Å². The smallest absolute Gasteiger partial charge is 0.119 e. The summed E-state index contributed by atoms with van der Waals surface area (Å²) in [5, 5.41) is 0. The Balaban J connectivity index is 1.48. The van der Waals surface area contributed by atoms with Gasteiger partial charge in [-0.2, -0.15) is 0 Å². The van der Waals surface area contributed by atoms with Crippen LogP contribution in [-0.2, 0) is 13.1 Å². The predicted molar refractivity (Wildman–Crippen MR) is 106 cm³/mol. The molecule has 0 radical (unpaired) electrons. The van der Waals surface area contributed by atoms with E-state index in [0.717, 1.165) is 31.3 Å². The Labute approximate surface area is 161 Å². The normalized spacial score (nSPS) is 32.6. The van der Waals surface area contributed by atoms with Crippen molar-refractivity contribution in [3.05, 3.63) is 48.0 Å². The molecule has 2 bridgehead atoms. The fraction of sp³-hybridized carbons (Fsp3) is 0.591. The molecule has 0 spiro atoms. The fourth-order valence-electron chi connectivity index (χ4n) is 5.86. The van der Waals surface area contributed by atoms with E-state index in [9.17, 15) is 0 Å². The number of likely N-dealkylation sites (tertiary alicyclic amines) is 1. The number of methoxy groups -OCH3 is 1. The molecule has 0 N–H and O–H groups in total. The molecule has 5 heteroatoms. The Morgan fingerprint density at radius 1 is 1.19 bits per heavy atom. The van der Waals surface area contributed by atoms with Gasteiger partial charge in [-0.3, -0.25) is 9.80 Å². The topological polar surface area (TPSA) is 33.5 Å². The molecular formula is C22H30N4O. The van der Waals surface area contributed by atoms with Gasteiger partial charge in [0.1, 0.15) is 5.75 Å². The van der Waals surface area contributed by atoms with Gasteiger partial charge in [0, 0.05) is 43.8 Å². The lowest BCUT2D eigenvalue weighted by molar-refractivity contribution is -0.00921. The molecule has 4 saturated heterocycles. The number of piperidine rings is 3. The number of nitrogens with zero attached hydrogens (tertiary/aromatic N) is 4. The van der Waals surface area contributed by atoms with E-state index in [1.54, 1.807) is 7.11 Å². The second kappa shape index (κ2) is 6.95. The number of fused-ring (bicyclic) bond motifs is 2. The van der Waals surface area contributed by atoms with Gasteiger partial charge >= 0.3 is 0 Å². The molecule has 0 saturated carbocycles. The summed E-state index contributed by atoms with van der Waals surface area (Å²) >= 11 is 0. The highest BCUT2D eigenvalue weighted by molar-refractivity contribution is 5.34. The molecule has 4 fully saturated rings. The molecule has 5 nitrogen and oxygen atoms in total. The first kappa shape index (κ1) is 17.3. The van der Waals surface area contributed by atoms with Crippen molar-refractivity contribution in [1.82, 2.24) is 19.4 Å². The first-order valence-corrected chi connectivity index (χ1v) is 10.4. The van der Waals surface area contributed by atoms with Crippen LogP contribution in [0.4, 0.5) is 0 Å². The molecule has 144 valence electrons. The van der Waals surface area contributed by atoms with Crippen LogP contribution < -0.4 is 4.74 Å². The number of rotatable bonds is 5. The van der Waals surface area contributed by atoms with Crippen molar-refractivity contribution in [2.24, 2.45) is 5.92 Å². The third-order valence-electron chi connectivity index (χ3n) is 7.12. The summed E-state index contributed by atoms with van der Waals surface area (Å²) in [5.74, 6) is 2.38. The van der Waals surface area contributed by atoms with Crippen molar-refractivity contribution in [3.8, 4) is 5.75 Å². The van der Waals surface area contributed by atoms with Gasteiger partial charge in [0.2, 0.25) is 0 Å². The molecule has 3 atom stereocenters. The lowest BCUT2D eigenvalue weighted by Crippen LogP contribution is -2.60. The first-order valence-electron chi connectivity index (χ1n) is 10.4. The van der Waals surface area contributed by atoms with Crippen molar-refractivity contribution in [2.75, 3.05) is 26.7 Å². The molecule has 0 unspecified atom stereocenters. The van der Waals surface area contributed by atoms with Gasteiger partial charge in [-0.05, 0) is 56.5 Å². The van der Waals surface area contributed by atoms with Crippen LogP contribution in [0.15, 0.2) is 36.8 Å².